The molecule has 0 spiro atoms. The SMILES string of the molecule is CCCC1(CN(CC)CC)CCNCC1. The Labute approximate surface area is 95.4 Å². The van der Waals surface area contributed by atoms with E-state index < -0.39 is 0 Å². The Morgan fingerprint density at radius 1 is 1.07 bits per heavy atom. The normalized spacial score (nSPS) is 20.8. The lowest BCUT2D eigenvalue weighted by molar-refractivity contribution is 0.107. The summed E-state index contributed by atoms with van der Waals surface area (Å²) in [6, 6.07) is 0. The minimum absolute atomic E-state index is 0.617. The molecule has 1 aliphatic rings. The quantitative estimate of drug-likeness (QED) is 0.728. The van der Waals surface area contributed by atoms with Crippen molar-refractivity contribution in [3.8, 4) is 0 Å². The zero-order valence-corrected chi connectivity index (χ0v) is 10.8. The molecule has 0 radical (unpaired) electrons. The van der Waals surface area contributed by atoms with Crippen LogP contribution in [0.4, 0.5) is 0 Å². The molecule has 0 bridgehead atoms. The van der Waals surface area contributed by atoms with Crippen molar-refractivity contribution in [1.29, 1.82) is 0 Å². The number of hydrogen-bond donors (Lipinski definition) is 1. The molecule has 1 aliphatic heterocycles. The highest BCUT2D eigenvalue weighted by Gasteiger charge is 2.32. The summed E-state index contributed by atoms with van der Waals surface area (Å²) >= 11 is 0. The third-order valence-corrected chi connectivity index (χ3v) is 3.90. The van der Waals surface area contributed by atoms with Gasteiger partial charge < -0.3 is 10.2 Å². The highest BCUT2D eigenvalue weighted by atomic mass is 15.1. The molecule has 0 aromatic heterocycles. The first-order valence-corrected chi connectivity index (χ1v) is 6.69. The Hall–Kier alpha value is -0.0800. The van der Waals surface area contributed by atoms with Crippen LogP contribution in [0.1, 0.15) is 46.5 Å². The number of hydrogen-bond acceptors (Lipinski definition) is 2. The van der Waals surface area contributed by atoms with E-state index in [9.17, 15) is 0 Å². The lowest BCUT2D eigenvalue weighted by atomic mass is 9.75. The van der Waals surface area contributed by atoms with Gasteiger partial charge in [0.1, 0.15) is 0 Å². The third-order valence-electron chi connectivity index (χ3n) is 3.90. The summed E-state index contributed by atoms with van der Waals surface area (Å²) < 4.78 is 0. The van der Waals surface area contributed by atoms with Gasteiger partial charge in [0.05, 0.1) is 0 Å². The second-order valence-electron chi connectivity index (χ2n) is 4.96. The number of rotatable bonds is 6. The van der Waals surface area contributed by atoms with Crippen molar-refractivity contribution in [3.63, 3.8) is 0 Å². The maximum atomic E-state index is 3.49. The van der Waals surface area contributed by atoms with E-state index in [-0.39, 0.29) is 0 Å². The topological polar surface area (TPSA) is 15.3 Å². The first kappa shape index (κ1) is 13.0. The van der Waals surface area contributed by atoms with Gasteiger partial charge in [-0.25, -0.2) is 0 Å². The van der Waals surface area contributed by atoms with Crippen LogP contribution in [0, 0.1) is 5.41 Å². The predicted octanol–water partition coefficient (Wildman–Crippen LogP) is 2.50. The van der Waals surface area contributed by atoms with Gasteiger partial charge >= 0.3 is 0 Å². The zero-order chi connectivity index (χ0) is 11.1. The number of nitrogens with zero attached hydrogens (tertiary/aromatic N) is 1. The van der Waals surface area contributed by atoms with E-state index in [2.05, 4.69) is 31.0 Å². The fraction of sp³-hybridized carbons (Fsp3) is 1.00. The van der Waals surface area contributed by atoms with E-state index in [1.54, 1.807) is 0 Å². The summed E-state index contributed by atoms with van der Waals surface area (Å²) in [5.41, 5.74) is 0.617. The van der Waals surface area contributed by atoms with Crippen molar-refractivity contribution in [2.24, 2.45) is 5.41 Å². The molecule has 1 N–H and O–H groups in total. The smallest absolute Gasteiger partial charge is 0.00387 e. The molecule has 2 nitrogen and oxygen atoms in total. The Morgan fingerprint density at radius 2 is 1.67 bits per heavy atom. The monoisotopic (exact) mass is 212 g/mol. The largest absolute Gasteiger partial charge is 0.317 e. The molecule has 1 saturated heterocycles. The van der Waals surface area contributed by atoms with Gasteiger partial charge in [0.15, 0.2) is 0 Å². The van der Waals surface area contributed by atoms with Gasteiger partial charge in [0.25, 0.3) is 0 Å². The van der Waals surface area contributed by atoms with Gasteiger partial charge in [-0.15, -0.1) is 0 Å². The molecule has 1 fully saturated rings. The van der Waals surface area contributed by atoms with Gasteiger partial charge in [-0.05, 0) is 50.9 Å². The second-order valence-corrected chi connectivity index (χ2v) is 4.96. The van der Waals surface area contributed by atoms with Crippen molar-refractivity contribution in [3.05, 3.63) is 0 Å². The van der Waals surface area contributed by atoms with Crippen LogP contribution in [-0.4, -0.2) is 37.6 Å². The molecular formula is C13H28N2. The molecule has 2 heteroatoms. The van der Waals surface area contributed by atoms with Crippen LogP contribution in [0.3, 0.4) is 0 Å². The summed E-state index contributed by atoms with van der Waals surface area (Å²) in [4.78, 5) is 2.60. The van der Waals surface area contributed by atoms with Gasteiger partial charge in [-0.2, -0.15) is 0 Å². The van der Waals surface area contributed by atoms with Crippen LogP contribution in [0.5, 0.6) is 0 Å². The van der Waals surface area contributed by atoms with Crippen LogP contribution in [-0.2, 0) is 0 Å². The Morgan fingerprint density at radius 3 is 2.13 bits per heavy atom. The first-order valence-electron chi connectivity index (χ1n) is 6.69. The first-order chi connectivity index (χ1) is 7.26. The molecule has 1 heterocycles. The lowest BCUT2D eigenvalue weighted by Crippen LogP contribution is -2.44. The molecule has 0 aromatic carbocycles. The van der Waals surface area contributed by atoms with Crippen molar-refractivity contribution < 1.29 is 0 Å². The van der Waals surface area contributed by atoms with E-state index in [4.69, 9.17) is 0 Å². The molecule has 0 atom stereocenters. The molecule has 0 aromatic rings. The highest BCUT2D eigenvalue weighted by molar-refractivity contribution is 4.86. The van der Waals surface area contributed by atoms with Crippen molar-refractivity contribution >= 4 is 0 Å². The third kappa shape index (κ3) is 3.76. The van der Waals surface area contributed by atoms with E-state index in [1.165, 1.54) is 58.4 Å². The fourth-order valence-electron chi connectivity index (χ4n) is 2.90. The molecule has 1 rings (SSSR count). The summed E-state index contributed by atoms with van der Waals surface area (Å²) in [6.45, 7) is 13.1. The Bertz CT molecular complexity index is 152. The minimum Gasteiger partial charge on any atom is -0.317 e. The van der Waals surface area contributed by atoms with Gasteiger partial charge in [-0.1, -0.05) is 27.2 Å². The summed E-state index contributed by atoms with van der Waals surface area (Å²) in [5.74, 6) is 0. The van der Waals surface area contributed by atoms with Crippen molar-refractivity contribution in [2.45, 2.75) is 46.5 Å². The summed E-state index contributed by atoms with van der Waals surface area (Å²) in [6.07, 6.45) is 5.49. The number of nitrogens with one attached hydrogen (secondary N) is 1. The maximum absolute atomic E-state index is 3.49. The Kier molecular flexibility index (Phi) is 5.62. The van der Waals surface area contributed by atoms with Crippen LogP contribution < -0.4 is 5.32 Å². The van der Waals surface area contributed by atoms with Crippen LogP contribution >= 0.6 is 0 Å². The Balaban J connectivity index is 2.54. The molecule has 0 unspecified atom stereocenters. The molecule has 0 saturated carbocycles. The predicted molar refractivity (Wildman–Crippen MR) is 67.2 cm³/mol. The molecule has 0 aliphatic carbocycles. The standard InChI is InChI=1S/C13H28N2/c1-4-7-13(8-10-14-11-9-13)12-15(5-2)6-3/h14H,4-12H2,1-3H3. The maximum Gasteiger partial charge on any atom is 0.00387 e. The van der Waals surface area contributed by atoms with Crippen LogP contribution in [0.2, 0.25) is 0 Å². The van der Waals surface area contributed by atoms with E-state index >= 15 is 0 Å². The summed E-state index contributed by atoms with van der Waals surface area (Å²) in [7, 11) is 0. The van der Waals surface area contributed by atoms with E-state index in [0.29, 0.717) is 5.41 Å². The highest BCUT2D eigenvalue weighted by Crippen LogP contribution is 2.34. The molecular weight excluding hydrogens is 184 g/mol. The average molecular weight is 212 g/mol. The average Bonchev–Trinajstić information content (AvgIpc) is 2.28. The van der Waals surface area contributed by atoms with E-state index in [0.717, 1.165) is 0 Å². The van der Waals surface area contributed by atoms with Gasteiger partial charge in [0, 0.05) is 6.54 Å². The zero-order valence-electron chi connectivity index (χ0n) is 10.8. The van der Waals surface area contributed by atoms with Crippen molar-refractivity contribution in [2.75, 3.05) is 32.7 Å². The van der Waals surface area contributed by atoms with E-state index in [1.807, 2.05) is 0 Å². The minimum atomic E-state index is 0.617. The van der Waals surface area contributed by atoms with Crippen LogP contribution in [0.25, 0.3) is 0 Å². The summed E-state index contributed by atoms with van der Waals surface area (Å²) in [5, 5.41) is 3.49. The van der Waals surface area contributed by atoms with Crippen molar-refractivity contribution in [1.82, 2.24) is 10.2 Å². The van der Waals surface area contributed by atoms with Gasteiger partial charge in [-0.3, -0.25) is 0 Å². The number of piperidine rings is 1. The molecule has 90 valence electrons. The molecule has 15 heavy (non-hydrogen) atoms. The lowest BCUT2D eigenvalue weighted by Gasteiger charge is -2.41. The molecule has 0 amide bonds. The van der Waals surface area contributed by atoms with Gasteiger partial charge in [0.2, 0.25) is 0 Å². The van der Waals surface area contributed by atoms with Crippen LogP contribution in [0.15, 0.2) is 0 Å². The fourth-order valence-corrected chi connectivity index (χ4v) is 2.90. The second kappa shape index (κ2) is 6.49.